The maximum Gasteiger partial charge on any atom is 0.293 e. The normalized spacial score (nSPS) is 18.9. The maximum atomic E-state index is 12.5. The lowest BCUT2D eigenvalue weighted by molar-refractivity contribution is 0.518. The van der Waals surface area contributed by atoms with Gasteiger partial charge < -0.3 is 14.8 Å². The molecule has 1 saturated heterocycles. The van der Waals surface area contributed by atoms with E-state index in [1.807, 2.05) is 16.8 Å². The minimum Gasteiger partial charge on any atom is -0.367 e. The number of nitrogens with one attached hydrogen (secondary N) is 1. The van der Waals surface area contributed by atoms with Gasteiger partial charge >= 0.3 is 0 Å². The molecule has 7 nitrogen and oxygen atoms in total. The number of hydrogen-bond acceptors (Lipinski definition) is 6. The lowest BCUT2D eigenvalue weighted by Crippen LogP contribution is -2.42. The van der Waals surface area contributed by atoms with Gasteiger partial charge in [0.15, 0.2) is 5.82 Å². The Morgan fingerprint density at radius 1 is 1.09 bits per heavy atom. The first kappa shape index (κ1) is 14.2. The van der Waals surface area contributed by atoms with Crippen molar-refractivity contribution >= 4 is 11.6 Å². The summed E-state index contributed by atoms with van der Waals surface area (Å²) >= 11 is 0. The molecule has 2 aliphatic rings. The van der Waals surface area contributed by atoms with Crippen LogP contribution in [0.15, 0.2) is 35.8 Å². The molecular formula is C16H20N6O. The van der Waals surface area contributed by atoms with Gasteiger partial charge in [0, 0.05) is 43.8 Å². The highest BCUT2D eigenvalue weighted by Crippen LogP contribution is 2.33. The van der Waals surface area contributed by atoms with Crippen LogP contribution in [0, 0.1) is 0 Å². The first-order chi connectivity index (χ1) is 11.3. The molecule has 0 unspecified atom stereocenters. The Labute approximate surface area is 134 Å². The van der Waals surface area contributed by atoms with Crippen LogP contribution in [0.2, 0.25) is 0 Å². The molecule has 7 heteroatoms. The topological polar surface area (TPSA) is 75.9 Å². The van der Waals surface area contributed by atoms with Crippen LogP contribution < -0.4 is 15.8 Å². The number of nitrogens with zero attached hydrogens (tertiary/aromatic N) is 5. The fraction of sp³-hybridized carbons (Fsp3) is 0.500. The van der Waals surface area contributed by atoms with E-state index in [9.17, 15) is 4.79 Å². The third-order valence-electron chi connectivity index (χ3n) is 4.52. The predicted molar refractivity (Wildman–Crippen MR) is 87.7 cm³/mol. The lowest BCUT2D eigenvalue weighted by atomic mass is 10.1. The lowest BCUT2D eigenvalue weighted by Gasteiger charge is -2.33. The van der Waals surface area contributed by atoms with Crippen LogP contribution in [0.1, 0.15) is 31.7 Å². The third kappa shape index (κ3) is 3.04. The summed E-state index contributed by atoms with van der Waals surface area (Å²) in [5.41, 5.74) is 0.0530. The number of anilines is 2. The molecule has 2 aromatic heterocycles. The first-order valence-electron chi connectivity index (χ1n) is 8.16. The van der Waals surface area contributed by atoms with Gasteiger partial charge in [-0.1, -0.05) is 0 Å². The largest absolute Gasteiger partial charge is 0.367 e. The zero-order valence-electron chi connectivity index (χ0n) is 12.9. The van der Waals surface area contributed by atoms with Gasteiger partial charge in [-0.25, -0.2) is 15.0 Å². The Bertz CT molecular complexity index is 719. The molecule has 3 heterocycles. The van der Waals surface area contributed by atoms with Gasteiger partial charge in [0.05, 0.1) is 0 Å². The molecule has 0 aromatic carbocycles. The average molecular weight is 312 g/mol. The second-order valence-electron chi connectivity index (χ2n) is 6.19. The van der Waals surface area contributed by atoms with Crippen molar-refractivity contribution in [1.29, 1.82) is 0 Å². The van der Waals surface area contributed by atoms with Crippen LogP contribution in [0.25, 0.3) is 0 Å². The molecule has 1 N–H and O–H groups in total. The van der Waals surface area contributed by atoms with Crippen molar-refractivity contribution in [2.75, 3.05) is 23.3 Å². The number of piperidine rings is 1. The van der Waals surface area contributed by atoms with Crippen molar-refractivity contribution in [3.05, 3.63) is 41.3 Å². The molecule has 2 fully saturated rings. The Hall–Kier alpha value is -2.44. The summed E-state index contributed by atoms with van der Waals surface area (Å²) in [4.78, 5) is 27.1. The quantitative estimate of drug-likeness (QED) is 0.921. The molecule has 0 bridgehead atoms. The monoisotopic (exact) mass is 312 g/mol. The fourth-order valence-corrected chi connectivity index (χ4v) is 3.09. The molecule has 0 spiro atoms. The van der Waals surface area contributed by atoms with Crippen LogP contribution in [-0.4, -0.2) is 38.7 Å². The third-order valence-corrected chi connectivity index (χ3v) is 4.52. The molecule has 1 saturated carbocycles. The SMILES string of the molecule is O=c1c(N2CCC(Nc3ccncn3)CC2)nccn1C1CC1. The second-order valence-corrected chi connectivity index (χ2v) is 6.19. The van der Waals surface area contributed by atoms with E-state index in [0.29, 0.717) is 17.9 Å². The summed E-state index contributed by atoms with van der Waals surface area (Å²) < 4.78 is 1.84. The molecule has 1 aliphatic heterocycles. The van der Waals surface area contributed by atoms with Crippen LogP contribution in [0.3, 0.4) is 0 Å². The maximum absolute atomic E-state index is 12.5. The Balaban J connectivity index is 1.42. The Morgan fingerprint density at radius 2 is 1.91 bits per heavy atom. The molecule has 1 aliphatic carbocycles. The Kier molecular flexibility index (Phi) is 3.69. The Morgan fingerprint density at radius 3 is 2.61 bits per heavy atom. The molecule has 2 aromatic rings. The predicted octanol–water partition coefficient (Wildman–Crippen LogP) is 1.45. The minimum absolute atomic E-state index is 0.0530. The highest BCUT2D eigenvalue weighted by Gasteiger charge is 2.27. The van der Waals surface area contributed by atoms with Crippen molar-refractivity contribution in [2.24, 2.45) is 0 Å². The van der Waals surface area contributed by atoms with Crippen molar-refractivity contribution in [1.82, 2.24) is 19.5 Å². The van der Waals surface area contributed by atoms with Gasteiger partial charge in [0.2, 0.25) is 0 Å². The summed E-state index contributed by atoms with van der Waals surface area (Å²) in [5, 5.41) is 3.43. The van der Waals surface area contributed by atoms with Gasteiger partial charge in [-0.2, -0.15) is 0 Å². The van der Waals surface area contributed by atoms with E-state index in [1.165, 1.54) is 0 Å². The smallest absolute Gasteiger partial charge is 0.293 e. The van der Waals surface area contributed by atoms with Crippen molar-refractivity contribution in [3.63, 3.8) is 0 Å². The van der Waals surface area contributed by atoms with Crippen LogP contribution >= 0.6 is 0 Å². The van der Waals surface area contributed by atoms with E-state index >= 15 is 0 Å². The van der Waals surface area contributed by atoms with Crippen molar-refractivity contribution < 1.29 is 0 Å². The molecule has 4 rings (SSSR count). The van der Waals surface area contributed by atoms with E-state index in [2.05, 4.69) is 25.2 Å². The van der Waals surface area contributed by atoms with Crippen LogP contribution in [0.5, 0.6) is 0 Å². The van der Waals surface area contributed by atoms with E-state index in [1.54, 1.807) is 18.7 Å². The van der Waals surface area contributed by atoms with Gasteiger partial charge in [-0.15, -0.1) is 0 Å². The minimum atomic E-state index is 0.0530. The van der Waals surface area contributed by atoms with Crippen LogP contribution in [0.4, 0.5) is 11.6 Å². The molecule has 0 radical (unpaired) electrons. The highest BCUT2D eigenvalue weighted by molar-refractivity contribution is 5.38. The standard InChI is InChI=1S/C16H20N6O/c23-16-15(18-7-10-22(16)13-1-2-13)21-8-4-12(5-9-21)20-14-3-6-17-11-19-14/h3,6-7,10-13H,1-2,4-5,8-9H2,(H,17,19,20). The summed E-state index contributed by atoms with van der Waals surface area (Å²) in [5.74, 6) is 1.45. The van der Waals surface area contributed by atoms with E-state index in [-0.39, 0.29) is 5.56 Å². The summed E-state index contributed by atoms with van der Waals surface area (Å²) in [6.07, 6.45) is 11.0. The number of aromatic nitrogens is 4. The molecule has 0 amide bonds. The van der Waals surface area contributed by atoms with Gasteiger partial charge in [0.1, 0.15) is 12.1 Å². The van der Waals surface area contributed by atoms with Crippen molar-refractivity contribution in [3.8, 4) is 0 Å². The van der Waals surface area contributed by atoms with Gasteiger partial charge in [0.25, 0.3) is 5.56 Å². The zero-order valence-corrected chi connectivity index (χ0v) is 12.9. The van der Waals surface area contributed by atoms with Gasteiger partial charge in [-0.05, 0) is 31.7 Å². The summed E-state index contributed by atoms with van der Waals surface area (Å²) in [6.45, 7) is 1.67. The number of hydrogen-bond donors (Lipinski definition) is 1. The molecule has 120 valence electrons. The van der Waals surface area contributed by atoms with E-state index in [0.717, 1.165) is 44.6 Å². The molecule has 0 atom stereocenters. The summed E-state index contributed by atoms with van der Waals surface area (Å²) in [6, 6.07) is 2.64. The van der Waals surface area contributed by atoms with E-state index < -0.39 is 0 Å². The zero-order chi connectivity index (χ0) is 15.6. The van der Waals surface area contributed by atoms with E-state index in [4.69, 9.17) is 0 Å². The number of rotatable bonds is 4. The first-order valence-corrected chi connectivity index (χ1v) is 8.16. The molecular weight excluding hydrogens is 292 g/mol. The molecule has 23 heavy (non-hydrogen) atoms. The van der Waals surface area contributed by atoms with Crippen LogP contribution in [-0.2, 0) is 0 Å². The van der Waals surface area contributed by atoms with Gasteiger partial charge in [-0.3, -0.25) is 4.79 Å². The fourth-order valence-electron chi connectivity index (χ4n) is 3.09. The summed E-state index contributed by atoms with van der Waals surface area (Å²) in [7, 11) is 0. The second kappa shape index (κ2) is 5.98. The van der Waals surface area contributed by atoms with Crippen molar-refractivity contribution in [2.45, 2.75) is 37.8 Å². The average Bonchev–Trinajstić information content (AvgIpc) is 3.42. The highest BCUT2D eigenvalue weighted by atomic mass is 16.1.